The Balaban J connectivity index is 1.43. The minimum absolute atomic E-state index is 0.0482. The molecule has 8 heteroatoms. The molecule has 1 aromatic heterocycles. The fraction of sp³-hybridized carbons (Fsp3) is 0.304. The number of anilines is 1. The van der Waals surface area contributed by atoms with Gasteiger partial charge in [0.1, 0.15) is 0 Å². The molecule has 3 aromatic rings. The van der Waals surface area contributed by atoms with Gasteiger partial charge in [0.05, 0.1) is 11.2 Å². The lowest BCUT2D eigenvalue weighted by Gasteiger charge is -2.30. The van der Waals surface area contributed by atoms with Gasteiger partial charge < -0.3 is 9.88 Å². The van der Waals surface area contributed by atoms with Gasteiger partial charge in [-0.2, -0.15) is 4.31 Å². The van der Waals surface area contributed by atoms with Crippen molar-refractivity contribution in [2.75, 3.05) is 12.4 Å². The van der Waals surface area contributed by atoms with E-state index in [4.69, 9.17) is 0 Å². The van der Waals surface area contributed by atoms with Gasteiger partial charge in [0.25, 0.3) is 5.91 Å². The van der Waals surface area contributed by atoms with Crippen LogP contribution in [0.25, 0.3) is 5.69 Å². The van der Waals surface area contributed by atoms with Crippen molar-refractivity contribution in [2.45, 2.75) is 43.0 Å². The van der Waals surface area contributed by atoms with Crippen molar-refractivity contribution in [3.05, 3.63) is 72.8 Å². The number of hydrogen-bond donors (Lipinski definition) is 1. The van der Waals surface area contributed by atoms with E-state index in [0.717, 1.165) is 31.4 Å². The first-order chi connectivity index (χ1) is 14.9. The fourth-order valence-corrected chi connectivity index (χ4v) is 5.33. The second-order valence-electron chi connectivity index (χ2n) is 7.81. The normalized spacial score (nSPS) is 15.2. The first kappa shape index (κ1) is 21.3. The molecular weight excluding hydrogens is 412 g/mol. The van der Waals surface area contributed by atoms with E-state index in [1.165, 1.54) is 22.9 Å². The Labute approximate surface area is 182 Å². The van der Waals surface area contributed by atoms with Crippen molar-refractivity contribution in [2.24, 2.45) is 0 Å². The average Bonchev–Trinajstić information content (AvgIpc) is 3.35. The van der Waals surface area contributed by atoms with Gasteiger partial charge in [0.2, 0.25) is 10.0 Å². The fourth-order valence-electron chi connectivity index (χ4n) is 3.92. The van der Waals surface area contributed by atoms with Crippen molar-refractivity contribution in [1.82, 2.24) is 13.9 Å². The van der Waals surface area contributed by atoms with Gasteiger partial charge in [0.15, 0.2) is 0 Å². The molecule has 162 valence electrons. The number of amides is 1. The first-order valence-electron chi connectivity index (χ1n) is 10.4. The van der Waals surface area contributed by atoms with Crippen molar-refractivity contribution in [1.29, 1.82) is 0 Å². The summed E-state index contributed by atoms with van der Waals surface area (Å²) in [5, 5.41) is 2.84. The molecule has 4 rings (SSSR count). The molecule has 31 heavy (non-hydrogen) atoms. The zero-order chi connectivity index (χ0) is 21.8. The molecule has 1 amide bonds. The highest BCUT2D eigenvalue weighted by molar-refractivity contribution is 7.89. The van der Waals surface area contributed by atoms with E-state index in [1.54, 1.807) is 31.7 Å². The van der Waals surface area contributed by atoms with Gasteiger partial charge in [-0.05, 0) is 61.4 Å². The van der Waals surface area contributed by atoms with E-state index in [2.05, 4.69) is 10.3 Å². The maximum atomic E-state index is 13.0. The minimum atomic E-state index is -3.57. The van der Waals surface area contributed by atoms with Crippen LogP contribution in [-0.4, -0.2) is 41.3 Å². The van der Waals surface area contributed by atoms with Crippen LogP contribution in [0.3, 0.4) is 0 Å². The van der Waals surface area contributed by atoms with E-state index >= 15 is 0 Å². The molecule has 1 aliphatic carbocycles. The third-order valence-electron chi connectivity index (χ3n) is 5.81. The number of carbonyl (C=O) groups is 1. The second kappa shape index (κ2) is 9.03. The summed E-state index contributed by atoms with van der Waals surface area (Å²) in [6.45, 7) is 0. The van der Waals surface area contributed by atoms with Crippen LogP contribution >= 0.6 is 0 Å². The van der Waals surface area contributed by atoms with Crippen LogP contribution in [0.5, 0.6) is 0 Å². The summed E-state index contributed by atoms with van der Waals surface area (Å²) in [4.78, 5) is 16.8. The van der Waals surface area contributed by atoms with Crippen LogP contribution in [0, 0.1) is 0 Å². The Bertz CT molecular complexity index is 1120. The van der Waals surface area contributed by atoms with Crippen LogP contribution in [-0.2, 0) is 10.0 Å². The highest BCUT2D eigenvalue weighted by Gasteiger charge is 2.29. The molecule has 0 radical (unpaired) electrons. The Morgan fingerprint density at radius 1 is 1.03 bits per heavy atom. The number of rotatable bonds is 6. The summed E-state index contributed by atoms with van der Waals surface area (Å²) < 4.78 is 29.3. The van der Waals surface area contributed by atoms with Gasteiger partial charge in [-0.15, -0.1) is 0 Å². The third kappa shape index (κ3) is 4.70. The summed E-state index contributed by atoms with van der Waals surface area (Å²) >= 11 is 0. The number of hydrogen-bond acceptors (Lipinski definition) is 4. The van der Waals surface area contributed by atoms with E-state index in [9.17, 15) is 13.2 Å². The SMILES string of the molecule is CN(C1CCCCC1)S(=O)(=O)c1ccc(C(=O)Nc2ccc(-n3ccnc3)cc2)cc1. The number of nitrogens with one attached hydrogen (secondary N) is 1. The smallest absolute Gasteiger partial charge is 0.255 e. The summed E-state index contributed by atoms with van der Waals surface area (Å²) in [6, 6.07) is 13.6. The molecule has 2 aromatic carbocycles. The molecule has 1 N–H and O–H groups in total. The van der Waals surface area contributed by atoms with Crippen LogP contribution in [0.15, 0.2) is 72.1 Å². The predicted molar refractivity (Wildman–Crippen MR) is 120 cm³/mol. The zero-order valence-electron chi connectivity index (χ0n) is 17.4. The number of sulfonamides is 1. The Hall–Kier alpha value is -2.97. The summed E-state index contributed by atoms with van der Waals surface area (Å²) in [5.74, 6) is -0.292. The van der Waals surface area contributed by atoms with Crippen molar-refractivity contribution < 1.29 is 13.2 Å². The lowest BCUT2D eigenvalue weighted by molar-refractivity contribution is 0.102. The number of aromatic nitrogens is 2. The minimum Gasteiger partial charge on any atom is -0.322 e. The Morgan fingerprint density at radius 3 is 2.32 bits per heavy atom. The molecular formula is C23H26N4O3S. The molecule has 0 unspecified atom stereocenters. The molecule has 0 spiro atoms. The first-order valence-corrected chi connectivity index (χ1v) is 11.9. The van der Waals surface area contributed by atoms with Crippen molar-refractivity contribution in [3.8, 4) is 5.69 Å². The van der Waals surface area contributed by atoms with Crippen LogP contribution in [0.1, 0.15) is 42.5 Å². The summed E-state index contributed by atoms with van der Waals surface area (Å²) in [6.07, 6.45) is 10.3. The number of imidazole rings is 1. The second-order valence-corrected chi connectivity index (χ2v) is 9.81. The lowest BCUT2D eigenvalue weighted by Crippen LogP contribution is -2.38. The van der Waals surface area contributed by atoms with Crippen molar-refractivity contribution in [3.63, 3.8) is 0 Å². The van der Waals surface area contributed by atoms with Crippen molar-refractivity contribution >= 4 is 21.6 Å². The molecule has 1 heterocycles. The number of nitrogens with zero attached hydrogens (tertiary/aromatic N) is 3. The average molecular weight is 439 g/mol. The molecule has 1 saturated carbocycles. The molecule has 0 saturated heterocycles. The maximum absolute atomic E-state index is 13.0. The molecule has 7 nitrogen and oxygen atoms in total. The molecule has 1 fully saturated rings. The number of carbonyl (C=O) groups excluding carboxylic acids is 1. The summed E-state index contributed by atoms with van der Waals surface area (Å²) in [5.41, 5.74) is 1.99. The standard InChI is InChI=1S/C23H26N4O3S/c1-26(20-5-3-2-4-6-20)31(29,30)22-13-7-18(8-14-22)23(28)25-19-9-11-21(12-10-19)27-16-15-24-17-27/h7-17,20H,2-6H2,1H3,(H,25,28). The predicted octanol–water partition coefficient (Wildman–Crippen LogP) is 4.08. The van der Waals surface area contributed by atoms with E-state index < -0.39 is 10.0 Å². The Kier molecular flexibility index (Phi) is 6.20. The largest absolute Gasteiger partial charge is 0.322 e. The molecule has 0 bridgehead atoms. The van der Waals surface area contributed by atoms with Gasteiger partial charge in [-0.1, -0.05) is 19.3 Å². The lowest BCUT2D eigenvalue weighted by atomic mass is 9.96. The number of benzene rings is 2. The highest BCUT2D eigenvalue weighted by Crippen LogP contribution is 2.26. The van der Waals surface area contributed by atoms with E-state index in [1.807, 2.05) is 35.0 Å². The molecule has 0 atom stereocenters. The third-order valence-corrected chi connectivity index (χ3v) is 7.73. The van der Waals surface area contributed by atoms with Gasteiger partial charge in [-0.25, -0.2) is 13.4 Å². The van der Waals surface area contributed by atoms with E-state index in [0.29, 0.717) is 11.3 Å². The van der Waals surface area contributed by atoms with Crippen LogP contribution < -0.4 is 5.32 Å². The van der Waals surface area contributed by atoms with Crippen LogP contribution in [0.2, 0.25) is 0 Å². The van der Waals surface area contributed by atoms with Crippen LogP contribution in [0.4, 0.5) is 5.69 Å². The topological polar surface area (TPSA) is 84.3 Å². The maximum Gasteiger partial charge on any atom is 0.255 e. The zero-order valence-corrected chi connectivity index (χ0v) is 18.3. The molecule has 1 aliphatic rings. The monoisotopic (exact) mass is 438 g/mol. The van der Waals surface area contributed by atoms with Gasteiger partial charge >= 0.3 is 0 Å². The van der Waals surface area contributed by atoms with Gasteiger partial charge in [-0.3, -0.25) is 4.79 Å². The highest BCUT2D eigenvalue weighted by atomic mass is 32.2. The summed E-state index contributed by atoms with van der Waals surface area (Å²) in [7, 11) is -1.92. The quantitative estimate of drug-likeness (QED) is 0.629. The van der Waals surface area contributed by atoms with Gasteiger partial charge in [0, 0.05) is 42.4 Å². The molecule has 0 aliphatic heterocycles. The Morgan fingerprint density at radius 2 is 1.71 bits per heavy atom. The van der Waals surface area contributed by atoms with E-state index in [-0.39, 0.29) is 16.8 Å².